The summed E-state index contributed by atoms with van der Waals surface area (Å²) in [5, 5.41) is 3.30. The number of hydrogen-bond donors (Lipinski definition) is 1. The molecule has 28 heavy (non-hydrogen) atoms. The summed E-state index contributed by atoms with van der Waals surface area (Å²) in [6.45, 7) is 3.75. The van der Waals surface area contributed by atoms with Gasteiger partial charge in [0.1, 0.15) is 5.69 Å². The lowest BCUT2D eigenvalue weighted by Gasteiger charge is -2.37. The lowest BCUT2D eigenvalue weighted by atomic mass is 10.2. The SMILES string of the molecule is O=C(Nc1ccccc1Cl)c1ccc(N2CCN(c3ccccc3)CC2)cn1. The average molecular weight is 393 g/mol. The summed E-state index contributed by atoms with van der Waals surface area (Å²) in [5.74, 6) is -0.270. The Morgan fingerprint density at radius 2 is 1.46 bits per heavy atom. The Morgan fingerprint density at radius 3 is 2.11 bits per heavy atom. The molecule has 1 saturated heterocycles. The van der Waals surface area contributed by atoms with Crippen LogP contribution in [-0.4, -0.2) is 37.1 Å². The van der Waals surface area contributed by atoms with Crippen molar-refractivity contribution in [2.45, 2.75) is 0 Å². The van der Waals surface area contributed by atoms with Crippen molar-refractivity contribution in [1.82, 2.24) is 4.98 Å². The van der Waals surface area contributed by atoms with Crippen molar-refractivity contribution in [3.05, 3.63) is 83.6 Å². The molecule has 0 bridgehead atoms. The van der Waals surface area contributed by atoms with Crippen LogP contribution >= 0.6 is 11.6 Å². The number of nitrogens with zero attached hydrogens (tertiary/aromatic N) is 3. The number of amides is 1. The van der Waals surface area contributed by atoms with Crippen molar-refractivity contribution in [2.75, 3.05) is 41.3 Å². The molecule has 0 atom stereocenters. The second kappa shape index (κ2) is 8.31. The van der Waals surface area contributed by atoms with Gasteiger partial charge in [-0.15, -0.1) is 0 Å². The van der Waals surface area contributed by atoms with E-state index < -0.39 is 0 Å². The largest absolute Gasteiger partial charge is 0.368 e. The summed E-state index contributed by atoms with van der Waals surface area (Å²) in [6.07, 6.45) is 1.76. The molecule has 1 aromatic heterocycles. The van der Waals surface area contributed by atoms with Gasteiger partial charge in [0.15, 0.2) is 0 Å². The van der Waals surface area contributed by atoms with Gasteiger partial charge in [0.25, 0.3) is 5.91 Å². The Bertz CT molecular complexity index is 938. The molecule has 1 aliphatic heterocycles. The molecule has 0 unspecified atom stereocenters. The number of aromatic nitrogens is 1. The Kier molecular flexibility index (Phi) is 5.44. The van der Waals surface area contributed by atoms with Crippen molar-refractivity contribution in [3.8, 4) is 0 Å². The van der Waals surface area contributed by atoms with Crippen molar-refractivity contribution >= 4 is 34.6 Å². The smallest absolute Gasteiger partial charge is 0.274 e. The van der Waals surface area contributed by atoms with Gasteiger partial charge in [0.2, 0.25) is 0 Å². The number of carbonyl (C=O) groups excluding carboxylic acids is 1. The number of para-hydroxylation sites is 2. The normalized spacial score (nSPS) is 14.0. The highest BCUT2D eigenvalue weighted by molar-refractivity contribution is 6.33. The van der Waals surface area contributed by atoms with Crippen molar-refractivity contribution < 1.29 is 4.79 Å². The quantitative estimate of drug-likeness (QED) is 0.718. The van der Waals surface area contributed by atoms with Crippen LogP contribution in [0.2, 0.25) is 5.02 Å². The molecule has 0 aliphatic carbocycles. The number of halogens is 1. The summed E-state index contributed by atoms with van der Waals surface area (Å²) in [4.78, 5) is 21.4. The second-order valence-electron chi connectivity index (χ2n) is 6.65. The third-order valence-electron chi connectivity index (χ3n) is 4.87. The van der Waals surface area contributed by atoms with Gasteiger partial charge < -0.3 is 15.1 Å². The molecule has 4 rings (SSSR count). The predicted molar refractivity (Wildman–Crippen MR) is 115 cm³/mol. The summed E-state index contributed by atoms with van der Waals surface area (Å²) < 4.78 is 0. The van der Waals surface area contributed by atoms with Gasteiger partial charge in [0.05, 0.1) is 22.6 Å². The van der Waals surface area contributed by atoms with Crippen LogP contribution in [0.15, 0.2) is 72.9 Å². The third kappa shape index (κ3) is 4.10. The maximum absolute atomic E-state index is 12.4. The minimum absolute atomic E-state index is 0.270. The van der Waals surface area contributed by atoms with Crippen LogP contribution in [0.5, 0.6) is 0 Å². The number of rotatable bonds is 4. The first kappa shape index (κ1) is 18.3. The van der Waals surface area contributed by atoms with E-state index in [1.807, 2.05) is 24.3 Å². The van der Waals surface area contributed by atoms with E-state index in [0.717, 1.165) is 31.9 Å². The fraction of sp³-hybridized carbons (Fsp3) is 0.182. The lowest BCUT2D eigenvalue weighted by molar-refractivity contribution is 0.102. The van der Waals surface area contributed by atoms with Crippen molar-refractivity contribution in [1.29, 1.82) is 0 Å². The van der Waals surface area contributed by atoms with Gasteiger partial charge >= 0.3 is 0 Å². The van der Waals surface area contributed by atoms with E-state index in [1.54, 1.807) is 24.4 Å². The maximum Gasteiger partial charge on any atom is 0.274 e. The summed E-state index contributed by atoms with van der Waals surface area (Å²) in [5.41, 5.74) is 3.23. The molecule has 142 valence electrons. The fourth-order valence-corrected chi connectivity index (χ4v) is 3.50. The predicted octanol–water partition coefficient (Wildman–Crippen LogP) is 4.31. The molecular weight excluding hydrogens is 372 g/mol. The number of nitrogens with one attached hydrogen (secondary N) is 1. The van der Waals surface area contributed by atoms with Crippen LogP contribution < -0.4 is 15.1 Å². The Labute approximate surface area is 169 Å². The van der Waals surface area contributed by atoms with Gasteiger partial charge in [-0.05, 0) is 36.4 Å². The number of benzene rings is 2. The molecule has 5 nitrogen and oxygen atoms in total. The highest BCUT2D eigenvalue weighted by Gasteiger charge is 2.18. The first-order valence-corrected chi connectivity index (χ1v) is 9.65. The van der Waals surface area contributed by atoms with Gasteiger partial charge in [-0.25, -0.2) is 4.98 Å². The average Bonchev–Trinajstić information content (AvgIpc) is 2.76. The monoisotopic (exact) mass is 392 g/mol. The molecule has 6 heteroatoms. The Morgan fingerprint density at radius 1 is 0.821 bits per heavy atom. The van der Waals surface area contributed by atoms with Gasteiger partial charge in [-0.3, -0.25) is 4.79 Å². The molecule has 2 aromatic carbocycles. The first-order valence-electron chi connectivity index (χ1n) is 9.27. The molecule has 3 aromatic rings. The van der Waals surface area contributed by atoms with E-state index >= 15 is 0 Å². The molecule has 1 N–H and O–H groups in total. The number of pyridine rings is 1. The fourth-order valence-electron chi connectivity index (χ4n) is 3.32. The van der Waals surface area contributed by atoms with Gasteiger partial charge in [-0.1, -0.05) is 41.9 Å². The lowest BCUT2D eigenvalue weighted by Crippen LogP contribution is -2.46. The molecule has 1 fully saturated rings. The molecular formula is C22H21ClN4O. The van der Waals surface area contributed by atoms with E-state index in [1.165, 1.54) is 5.69 Å². The number of piperazine rings is 1. The van der Waals surface area contributed by atoms with Crippen LogP contribution in [0.1, 0.15) is 10.5 Å². The van der Waals surface area contributed by atoms with E-state index in [4.69, 9.17) is 11.6 Å². The minimum atomic E-state index is -0.270. The number of anilines is 3. The van der Waals surface area contributed by atoms with Crippen LogP contribution in [0.4, 0.5) is 17.1 Å². The van der Waals surface area contributed by atoms with E-state index in [2.05, 4.69) is 44.4 Å². The van der Waals surface area contributed by atoms with Crippen LogP contribution in [-0.2, 0) is 0 Å². The highest BCUT2D eigenvalue weighted by atomic mass is 35.5. The Hall–Kier alpha value is -3.05. The standard InChI is InChI=1S/C22H21ClN4O/c23-19-8-4-5-9-20(19)25-22(28)21-11-10-18(16-24-21)27-14-12-26(13-15-27)17-6-2-1-3-7-17/h1-11,16H,12-15H2,(H,25,28). The van der Waals surface area contributed by atoms with Crippen LogP contribution in [0.3, 0.4) is 0 Å². The highest BCUT2D eigenvalue weighted by Crippen LogP contribution is 2.22. The van der Waals surface area contributed by atoms with Crippen molar-refractivity contribution in [3.63, 3.8) is 0 Å². The summed E-state index contributed by atoms with van der Waals surface area (Å²) >= 11 is 6.09. The zero-order valence-electron chi connectivity index (χ0n) is 15.4. The molecule has 1 amide bonds. The Balaban J connectivity index is 1.37. The van der Waals surface area contributed by atoms with Crippen LogP contribution in [0, 0.1) is 0 Å². The topological polar surface area (TPSA) is 48.5 Å². The molecule has 1 aliphatic rings. The van der Waals surface area contributed by atoms with E-state index in [9.17, 15) is 4.79 Å². The van der Waals surface area contributed by atoms with Crippen molar-refractivity contribution in [2.24, 2.45) is 0 Å². The third-order valence-corrected chi connectivity index (χ3v) is 5.20. The zero-order chi connectivity index (χ0) is 19.3. The molecule has 2 heterocycles. The zero-order valence-corrected chi connectivity index (χ0v) is 16.1. The molecule has 0 spiro atoms. The van der Waals surface area contributed by atoms with E-state index in [-0.39, 0.29) is 5.91 Å². The second-order valence-corrected chi connectivity index (χ2v) is 7.05. The molecule has 0 saturated carbocycles. The van der Waals surface area contributed by atoms with Crippen LogP contribution in [0.25, 0.3) is 0 Å². The molecule has 0 radical (unpaired) electrons. The van der Waals surface area contributed by atoms with E-state index in [0.29, 0.717) is 16.4 Å². The number of carbonyl (C=O) groups is 1. The van der Waals surface area contributed by atoms with Gasteiger partial charge in [0, 0.05) is 31.9 Å². The minimum Gasteiger partial charge on any atom is -0.368 e. The summed E-state index contributed by atoms with van der Waals surface area (Å²) in [6, 6.07) is 21.3. The first-order chi connectivity index (χ1) is 13.7. The summed E-state index contributed by atoms with van der Waals surface area (Å²) in [7, 11) is 0. The number of hydrogen-bond acceptors (Lipinski definition) is 4. The maximum atomic E-state index is 12.4. The van der Waals surface area contributed by atoms with Gasteiger partial charge in [-0.2, -0.15) is 0 Å².